The van der Waals surface area contributed by atoms with E-state index in [4.69, 9.17) is 0 Å². The molecule has 0 saturated heterocycles. The second-order valence-electron chi connectivity index (χ2n) is 6.10. The third-order valence-electron chi connectivity index (χ3n) is 4.02. The van der Waals surface area contributed by atoms with E-state index in [0.717, 1.165) is 12.0 Å². The maximum atomic E-state index is 12.8. The summed E-state index contributed by atoms with van der Waals surface area (Å²) in [4.78, 5) is 11.4. The number of hydrogen-bond donors (Lipinski definition) is 2. The average molecular weight is 360 g/mol. The molecule has 0 heterocycles. The van der Waals surface area contributed by atoms with Crippen LogP contribution in [0.1, 0.15) is 43.5 Å². The Morgan fingerprint density at radius 2 is 1.76 bits per heavy atom. The Hall–Kier alpha value is -2.18. The van der Waals surface area contributed by atoms with E-state index in [2.05, 4.69) is 17.0 Å². The Balaban J connectivity index is 2.26. The lowest BCUT2D eigenvalue weighted by atomic mass is 10.1. The lowest BCUT2D eigenvalue weighted by Gasteiger charge is -2.17. The molecule has 2 N–H and O–H groups in total. The number of anilines is 1. The predicted octanol–water partition coefficient (Wildman–Crippen LogP) is 3.56. The monoisotopic (exact) mass is 360 g/mol. The normalized spacial score (nSPS) is 12.6. The zero-order valence-corrected chi connectivity index (χ0v) is 15.8. The summed E-state index contributed by atoms with van der Waals surface area (Å²) in [7, 11) is -3.71. The molecule has 25 heavy (non-hydrogen) atoms. The minimum atomic E-state index is -3.71. The summed E-state index contributed by atoms with van der Waals surface area (Å²) in [6.45, 7) is 7.00. The fourth-order valence-electron chi connectivity index (χ4n) is 2.58. The maximum absolute atomic E-state index is 12.8. The van der Waals surface area contributed by atoms with Gasteiger partial charge < -0.3 is 5.32 Å². The minimum Gasteiger partial charge on any atom is -0.326 e. The molecule has 2 rings (SSSR count). The van der Waals surface area contributed by atoms with Crippen molar-refractivity contribution < 1.29 is 13.2 Å². The fourth-order valence-corrected chi connectivity index (χ4v) is 4.08. The molecule has 0 aliphatic heterocycles. The lowest BCUT2D eigenvalue weighted by molar-refractivity contribution is -0.114. The molecule has 6 heteroatoms. The molecule has 0 aliphatic rings. The SMILES string of the molecule is CCc1ccc(C(C)NS(=O)(=O)c2cc(NC(C)=O)ccc2C)cc1. The van der Waals surface area contributed by atoms with Gasteiger partial charge in [-0.25, -0.2) is 13.1 Å². The number of carbonyl (C=O) groups is 1. The highest BCUT2D eigenvalue weighted by atomic mass is 32.2. The van der Waals surface area contributed by atoms with Gasteiger partial charge >= 0.3 is 0 Å². The number of nitrogens with one attached hydrogen (secondary N) is 2. The molecule has 5 nitrogen and oxygen atoms in total. The molecule has 1 amide bonds. The van der Waals surface area contributed by atoms with Gasteiger partial charge in [-0.3, -0.25) is 4.79 Å². The molecule has 1 atom stereocenters. The van der Waals surface area contributed by atoms with Crippen molar-refractivity contribution in [3.8, 4) is 0 Å². The zero-order valence-electron chi connectivity index (χ0n) is 15.0. The van der Waals surface area contributed by atoms with Crippen LogP contribution in [0.5, 0.6) is 0 Å². The first kappa shape index (κ1) is 19.1. The highest BCUT2D eigenvalue weighted by molar-refractivity contribution is 7.89. The quantitative estimate of drug-likeness (QED) is 0.827. The van der Waals surface area contributed by atoms with Crippen LogP contribution in [-0.4, -0.2) is 14.3 Å². The first-order chi connectivity index (χ1) is 11.7. The molecule has 2 aromatic carbocycles. The van der Waals surface area contributed by atoms with Gasteiger partial charge in [0.25, 0.3) is 0 Å². The molecule has 1 unspecified atom stereocenters. The third-order valence-corrected chi connectivity index (χ3v) is 5.70. The number of amides is 1. The second-order valence-corrected chi connectivity index (χ2v) is 7.78. The molecule has 0 spiro atoms. The van der Waals surface area contributed by atoms with E-state index in [1.807, 2.05) is 31.2 Å². The van der Waals surface area contributed by atoms with Crippen molar-refractivity contribution in [2.45, 2.75) is 45.1 Å². The van der Waals surface area contributed by atoms with Crippen LogP contribution in [0.15, 0.2) is 47.4 Å². The van der Waals surface area contributed by atoms with Gasteiger partial charge in [0.05, 0.1) is 4.90 Å². The Bertz CT molecular complexity index is 859. The molecule has 0 aromatic heterocycles. The van der Waals surface area contributed by atoms with Crippen LogP contribution in [0.3, 0.4) is 0 Å². The largest absolute Gasteiger partial charge is 0.326 e. The smallest absolute Gasteiger partial charge is 0.241 e. The van der Waals surface area contributed by atoms with Crippen molar-refractivity contribution in [2.24, 2.45) is 0 Å². The highest BCUT2D eigenvalue weighted by Gasteiger charge is 2.21. The van der Waals surface area contributed by atoms with E-state index in [1.165, 1.54) is 18.6 Å². The molecular weight excluding hydrogens is 336 g/mol. The predicted molar refractivity (Wildman–Crippen MR) is 100 cm³/mol. The van der Waals surface area contributed by atoms with E-state index < -0.39 is 10.0 Å². The number of rotatable bonds is 6. The Morgan fingerprint density at radius 3 is 2.32 bits per heavy atom. The van der Waals surface area contributed by atoms with Crippen LogP contribution in [0.4, 0.5) is 5.69 Å². The van der Waals surface area contributed by atoms with Gasteiger partial charge in [0.2, 0.25) is 15.9 Å². The molecule has 2 aromatic rings. The van der Waals surface area contributed by atoms with Crippen molar-refractivity contribution in [2.75, 3.05) is 5.32 Å². The molecule has 0 saturated carbocycles. The van der Waals surface area contributed by atoms with Crippen LogP contribution in [0.2, 0.25) is 0 Å². The van der Waals surface area contributed by atoms with Crippen LogP contribution < -0.4 is 10.0 Å². The van der Waals surface area contributed by atoms with Crippen molar-refractivity contribution in [1.82, 2.24) is 4.72 Å². The summed E-state index contributed by atoms with van der Waals surface area (Å²) in [5.41, 5.74) is 3.18. The van der Waals surface area contributed by atoms with Crippen LogP contribution in [-0.2, 0) is 21.2 Å². The van der Waals surface area contributed by atoms with Gasteiger partial charge in [-0.15, -0.1) is 0 Å². The standard InChI is InChI=1S/C19H24N2O3S/c1-5-16-7-9-17(10-8-16)14(3)21-25(23,24)19-12-18(20-15(4)22)11-6-13(19)2/h6-12,14,21H,5H2,1-4H3,(H,20,22). The first-order valence-corrected chi connectivity index (χ1v) is 9.70. The van der Waals surface area contributed by atoms with E-state index in [0.29, 0.717) is 11.3 Å². The summed E-state index contributed by atoms with van der Waals surface area (Å²) < 4.78 is 28.3. The van der Waals surface area contributed by atoms with Gasteiger partial charge in [0.1, 0.15) is 0 Å². The average Bonchev–Trinajstić information content (AvgIpc) is 2.55. The number of hydrogen-bond acceptors (Lipinski definition) is 3. The van der Waals surface area contributed by atoms with Crippen molar-refractivity contribution in [3.63, 3.8) is 0 Å². The van der Waals surface area contributed by atoms with Gasteiger partial charge in [-0.05, 0) is 49.1 Å². The van der Waals surface area contributed by atoms with Crippen molar-refractivity contribution in [1.29, 1.82) is 0 Å². The Morgan fingerprint density at radius 1 is 1.12 bits per heavy atom. The highest BCUT2D eigenvalue weighted by Crippen LogP contribution is 2.23. The number of benzene rings is 2. The van der Waals surface area contributed by atoms with E-state index in [9.17, 15) is 13.2 Å². The first-order valence-electron chi connectivity index (χ1n) is 8.22. The number of sulfonamides is 1. The topological polar surface area (TPSA) is 75.3 Å². The molecule has 0 radical (unpaired) electrons. The maximum Gasteiger partial charge on any atom is 0.241 e. The van der Waals surface area contributed by atoms with Crippen LogP contribution in [0.25, 0.3) is 0 Å². The van der Waals surface area contributed by atoms with E-state index >= 15 is 0 Å². The molecular formula is C19H24N2O3S. The molecule has 0 aliphatic carbocycles. The van der Waals surface area contributed by atoms with Crippen LogP contribution in [0, 0.1) is 6.92 Å². The molecule has 0 fully saturated rings. The van der Waals surface area contributed by atoms with Gasteiger partial charge in [0, 0.05) is 18.7 Å². The summed E-state index contributed by atoms with van der Waals surface area (Å²) in [6.07, 6.45) is 0.940. The van der Waals surface area contributed by atoms with Gasteiger partial charge in [0.15, 0.2) is 0 Å². The third kappa shape index (κ3) is 4.90. The molecule has 134 valence electrons. The summed E-state index contributed by atoms with van der Waals surface area (Å²) in [6, 6.07) is 12.4. The lowest BCUT2D eigenvalue weighted by Crippen LogP contribution is -2.27. The zero-order chi connectivity index (χ0) is 18.6. The molecule has 0 bridgehead atoms. The van der Waals surface area contributed by atoms with Gasteiger partial charge in [-0.1, -0.05) is 37.3 Å². The summed E-state index contributed by atoms with van der Waals surface area (Å²) in [5, 5.41) is 2.61. The van der Waals surface area contributed by atoms with Crippen molar-refractivity contribution in [3.05, 3.63) is 59.2 Å². The minimum absolute atomic E-state index is 0.163. The summed E-state index contributed by atoms with van der Waals surface area (Å²) >= 11 is 0. The van der Waals surface area contributed by atoms with E-state index in [-0.39, 0.29) is 16.8 Å². The van der Waals surface area contributed by atoms with E-state index in [1.54, 1.807) is 19.1 Å². The van der Waals surface area contributed by atoms with Gasteiger partial charge in [-0.2, -0.15) is 0 Å². The van der Waals surface area contributed by atoms with Crippen molar-refractivity contribution >= 4 is 21.6 Å². The number of aryl methyl sites for hydroxylation is 2. The summed E-state index contributed by atoms with van der Waals surface area (Å²) in [5.74, 6) is -0.246. The Labute approximate surface area is 149 Å². The second kappa shape index (κ2) is 7.80. The number of carbonyl (C=O) groups excluding carboxylic acids is 1. The van der Waals surface area contributed by atoms with Crippen LogP contribution >= 0.6 is 0 Å². The Kier molecular flexibility index (Phi) is 5.98. The fraction of sp³-hybridized carbons (Fsp3) is 0.316.